The fourth-order valence-electron chi connectivity index (χ4n) is 0.760. The molecule has 16 heavy (non-hydrogen) atoms. The van der Waals surface area contributed by atoms with Crippen LogP contribution in [0.1, 0.15) is 13.8 Å². The summed E-state index contributed by atoms with van der Waals surface area (Å²) >= 11 is 0. The Morgan fingerprint density at radius 3 is 1.25 bits per heavy atom. The van der Waals surface area contributed by atoms with Crippen LogP contribution in [-0.4, -0.2) is 70.5 Å². The third-order valence-corrected chi connectivity index (χ3v) is 1.25. The molecule has 0 rings (SSSR count). The number of hydrogen-bond donors (Lipinski definition) is 6. The zero-order chi connectivity index (χ0) is 12.3. The average Bonchev–Trinajstić information content (AvgIpc) is 2.02. The lowest BCUT2D eigenvalue weighted by Gasteiger charge is -2.17. The largest absolute Gasteiger partial charge is 0.395 e. The van der Waals surface area contributed by atoms with Crippen molar-refractivity contribution in [1.29, 1.82) is 0 Å². The van der Waals surface area contributed by atoms with Crippen LogP contribution in [0.5, 0.6) is 0 Å². The standard InChI is InChI=1S/C6H15NO3.C3H9NO.H3N/c8-4-1-7(2-5-9)3-6-10;1-3(2,4)5;/h8-10H,1-6H2;5H,4H2,1-2H3;1H3. The van der Waals surface area contributed by atoms with Crippen LogP contribution in [0, 0.1) is 0 Å². The van der Waals surface area contributed by atoms with E-state index in [0.29, 0.717) is 19.6 Å². The molecule has 0 aromatic carbocycles. The maximum absolute atomic E-state index is 8.48. The minimum absolute atomic E-state index is 0. The SMILES string of the molecule is CC(C)(N)O.N.OCCN(CCO)CCO. The van der Waals surface area contributed by atoms with Gasteiger partial charge >= 0.3 is 0 Å². The van der Waals surface area contributed by atoms with Crippen molar-refractivity contribution in [3.05, 3.63) is 0 Å². The summed E-state index contributed by atoms with van der Waals surface area (Å²) in [7, 11) is 0. The summed E-state index contributed by atoms with van der Waals surface area (Å²) in [5.74, 6) is 0. The Bertz CT molecular complexity index is 110. The molecule has 0 heterocycles. The molecule has 0 aromatic heterocycles. The highest BCUT2D eigenvalue weighted by atomic mass is 16.3. The van der Waals surface area contributed by atoms with E-state index in [1.54, 1.807) is 4.90 Å². The van der Waals surface area contributed by atoms with Crippen LogP contribution in [0.2, 0.25) is 0 Å². The zero-order valence-corrected chi connectivity index (χ0v) is 10.3. The van der Waals surface area contributed by atoms with Crippen molar-refractivity contribution in [2.45, 2.75) is 19.6 Å². The minimum atomic E-state index is -1.00. The molecule has 7 nitrogen and oxygen atoms in total. The highest BCUT2D eigenvalue weighted by Crippen LogP contribution is 1.84. The van der Waals surface area contributed by atoms with Gasteiger partial charge in [-0.2, -0.15) is 0 Å². The van der Waals surface area contributed by atoms with Gasteiger partial charge in [-0.25, -0.2) is 0 Å². The first-order valence-electron chi connectivity index (χ1n) is 4.91. The first-order chi connectivity index (χ1) is 6.85. The summed E-state index contributed by atoms with van der Waals surface area (Å²) in [6.07, 6.45) is 0. The summed E-state index contributed by atoms with van der Waals surface area (Å²) in [5, 5.41) is 33.8. The van der Waals surface area contributed by atoms with Gasteiger partial charge in [-0.1, -0.05) is 0 Å². The van der Waals surface area contributed by atoms with Crippen LogP contribution in [-0.2, 0) is 0 Å². The van der Waals surface area contributed by atoms with Crippen LogP contribution < -0.4 is 11.9 Å². The molecule has 0 fully saturated rings. The number of hydrogen-bond acceptors (Lipinski definition) is 7. The Labute approximate surface area is 97.1 Å². The van der Waals surface area contributed by atoms with E-state index in [0.717, 1.165) is 0 Å². The van der Waals surface area contributed by atoms with E-state index < -0.39 is 5.72 Å². The van der Waals surface area contributed by atoms with Crippen LogP contribution in [0.15, 0.2) is 0 Å². The van der Waals surface area contributed by atoms with Crippen molar-refractivity contribution in [2.75, 3.05) is 39.5 Å². The normalized spacial score (nSPS) is 10.5. The monoisotopic (exact) mass is 241 g/mol. The molecule has 0 saturated carbocycles. The average molecular weight is 241 g/mol. The molecule has 0 aliphatic carbocycles. The Morgan fingerprint density at radius 1 is 0.938 bits per heavy atom. The second-order valence-electron chi connectivity index (χ2n) is 3.67. The summed E-state index contributed by atoms with van der Waals surface area (Å²) in [5.41, 5.74) is 3.91. The van der Waals surface area contributed by atoms with Gasteiger partial charge in [0.05, 0.1) is 19.8 Å². The maximum atomic E-state index is 8.48. The van der Waals surface area contributed by atoms with E-state index in [2.05, 4.69) is 0 Å². The van der Waals surface area contributed by atoms with E-state index in [1.807, 2.05) is 0 Å². The minimum Gasteiger partial charge on any atom is -0.395 e. The molecule has 0 aliphatic heterocycles. The fraction of sp³-hybridized carbons (Fsp3) is 1.00. The van der Waals surface area contributed by atoms with E-state index >= 15 is 0 Å². The van der Waals surface area contributed by atoms with Crippen LogP contribution in [0.4, 0.5) is 0 Å². The van der Waals surface area contributed by atoms with E-state index in [9.17, 15) is 0 Å². The number of rotatable bonds is 6. The van der Waals surface area contributed by atoms with Crippen molar-refractivity contribution in [1.82, 2.24) is 11.1 Å². The lowest BCUT2D eigenvalue weighted by molar-refractivity contribution is 0.0881. The Balaban J connectivity index is -0.000000242. The van der Waals surface area contributed by atoms with E-state index in [1.165, 1.54) is 13.8 Å². The van der Waals surface area contributed by atoms with Gasteiger partial charge in [-0.3, -0.25) is 4.90 Å². The summed E-state index contributed by atoms with van der Waals surface area (Å²) in [6.45, 7) is 4.80. The van der Waals surface area contributed by atoms with Gasteiger partial charge in [0.15, 0.2) is 0 Å². The fourth-order valence-corrected chi connectivity index (χ4v) is 0.760. The summed E-state index contributed by atoms with van der Waals surface area (Å²) < 4.78 is 0. The summed E-state index contributed by atoms with van der Waals surface area (Å²) in [6, 6.07) is 0. The lowest BCUT2D eigenvalue weighted by Crippen LogP contribution is -2.32. The molecule has 0 aliphatic rings. The Morgan fingerprint density at radius 2 is 1.12 bits per heavy atom. The molecular formula is C9H27N3O4. The van der Waals surface area contributed by atoms with Gasteiger partial charge in [-0.15, -0.1) is 0 Å². The third kappa shape index (κ3) is 29.2. The van der Waals surface area contributed by atoms with E-state index in [-0.39, 0.29) is 26.0 Å². The quantitative estimate of drug-likeness (QED) is 0.298. The van der Waals surface area contributed by atoms with Gasteiger partial charge in [0, 0.05) is 19.6 Å². The second-order valence-corrected chi connectivity index (χ2v) is 3.67. The van der Waals surface area contributed by atoms with Gasteiger partial charge < -0.3 is 32.3 Å². The molecule has 0 radical (unpaired) electrons. The molecule has 0 saturated heterocycles. The van der Waals surface area contributed by atoms with Crippen molar-refractivity contribution in [2.24, 2.45) is 5.73 Å². The molecule has 7 heteroatoms. The Hall–Kier alpha value is -0.280. The number of aliphatic hydroxyl groups is 4. The predicted octanol–water partition coefficient (Wildman–Crippen LogP) is -1.90. The second kappa shape index (κ2) is 12.8. The number of aliphatic hydroxyl groups excluding tert-OH is 3. The van der Waals surface area contributed by atoms with Gasteiger partial charge in [0.1, 0.15) is 5.72 Å². The number of nitrogens with two attached hydrogens (primary N) is 1. The third-order valence-electron chi connectivity index (χ3n) is 1.25. The number of nitrogens with zero attached hydrogens (tertiary/aromatic N) is 1. The molecule has 0 unspecified atom stereocenters. The molecule has 0 bridgehead atoms. The molecule has 102 valence electrons. The molecule has 0 amide bonds. The first kappa shape index (κ1) is 21.1. The van der Waals surface area contributed by atoms with Crippen LogP contribution in [0.25, 0.3) is 0 Å². The highest BCUT2D eigenvalue weighted by Gasteiger charge is 2.00. The molecule has 0 spiro atoms. The topological polar surface area (TPSA) is 145 Å². The molecule has 0 atom stereocenters. The first-order valence-corrected chi connectivity index (χ1v) is 4.91. The highest BCUT2D eigenvalue weighted by molar-refractivity contribution is 4.54. The van der Waals surface area contributed by atoms with Crippen LogP contribution in [0.3, 0.4) is 0 Å². The van der Waals surface area contributed by atoms with Crippen molar-refractivity contribution < 1.29 is 20.4 Å². The van der Waals surface area contributed by atoms with Crippen molar-refractivity contribution in [3.8, 4) is 0 Å². The maximum Gasteiger partial charge on any atom is 0.107 e. The lowest BCUT2D eigenvalue weighted by atomic mass is 10.4. The van der Waals surface area contributed by atoms with Gasteiger partial charge in [0.25, 0.3) is 0 Å². The van der Waals surface area contributed by atoms with Crippen molar-refractivity contribution >= 4 is 0 Å². The smallest absolute Gasteiger partial charge is 0.107 e. The Kier molecular flexibility index (Phi) is 16.8. The predicted molar refractivity (Wildman–Crippen MR) is 63.2 cm³/mol. The van der Waals surface area contributed by atoms with Crippen molar-refractivity contribution in [3.63, 3.8) is 0 Å². The molecule has 0 aromatic rings. The molecule has 9 N–H and O–H groups in total. The van der Waals surface area contributed by atoms with Gasteiger partial charge in [0.2, 0.25) is 0 Å². The zero-order valence-electron chi connectivity index (χ0n) is 10.3. The molecular weight excluding hydrogens is 214 g/mol. The van der Waals surface area contributed by atoms with E-state index in [4.69, 9.17) is 26.2 Å². The van der Waals surface area contributed by atoms with Gasteiger partial charge in [-0.05, 0) is 13.8 Å². The van der Waals surface area contributed by atoms with Crippen LogP contribution >= 0.6 is 0 Å². The summed E-state index contributed by atoms with van der Waals surface area (Å²) in [4.78, 5) is 1.79.